The Morgan fingerprint density at radius 3 is 2.65 bits per heavy atom. The molecule has 2 aromatic rings. The highest BCUT2D eigenvalue weighted by Gasteiger charge is 2.04. The first-order valence-corrected chi connectivity index (χ1v) is 5.77. The molecule has 2 rings (SSSR count). The quantitative estimate of drug-likeness (QED) is 0.521. The van der Waals surface area contributed by atoms with Crippen LogP contribution in [0.1, 0.15) is 23.1 Å². The predicted octanol–water partition coefficient (Wildman–Crippen LogP) is 1.88. The maximum Gasteiger partial charge on any atom is 0.340 e. The molecule has 0 bridgehead atoms. The van der Waals surface area contributed by atoms with Crippen LogP contribution in [-0.4, -0.2) is 32.5 Å². The van der Waals surface area contributed by atoms with Gasteiger partial charge in [0.15, 0.2) is 5.82 Å². The third-order valence-electron chi connectivity index (χ3n) is 2.06. The lowest BCUT2D eigenvalue weighted by Gasteiger charge is -1.98. The summed E-state index contributed by atoms with van der Waals surface area (Å²) >= 11 is 0. The molecule has 8 nitrogen and oxygen atoms in total. The summed E-state index contributed by atoms with van der Waals surface area (Å²) in [5.41, 5.74) is 0.495. The van der Waals surface area contributed by atoms with E-state index in [0.29, 0.717) is 18.0 Å². The van der Waals surface area contributed by atoms with Gasteiger partial charge in [-0.3, -0.25) is 4.98 Å². The van der Waals surface area contributed by atoms with Crippen molar-refractivity contribution >= 4 is 11.8 Å². The fraction of sp³-hybridized carbons (Fsp3) is 0.250. The van der Waals surface area contributed by atoms with Crippen LogP contribution in [0.2, 0.25) is 0 Å². The van der Waals surface area contributed by atoms with Gasteiger partial charge in [0.25, 0.3) is 0 Å². The minimum Gasteiger partial charge on any atom is -0.462 e. The number of nitro groups is 1. The Balaban J connectivity index is 0.000000204. The Morgan fingerprint density at radius 1 is 1.50 bits per heavy atom. The second-order valence-electron chi connectivity index (χ2n) is 3.57. The van der Waals surface area contributed by atoms with Gasteiger partial charge in [-0.15, -0.1) is 0 Å². The first-order chi connectivity index (χ1) is 9.54. The molecule has 0 aliphatic carbocycles. The summed E-state index contributed by atoms with van der Waals surface area (Å²) in [7, 11) is 0. The third-order valence-corrected chi connectivity index (χ3v) is 2.06. The van der Waals surface area contributed by atoms with E-state index < -0.39 is 4.92 Å². The number of aryl methyl sites for hydroxylation is 1. The number of ether oxygens (including phenoxy) is 1. The summed E-state index contributed by atoms with van der Waals surface area (Å²) in [6.45, 7) is 3.83. The molecule has 0 aliphatic rings. The van der Waals surface area contributed by atoms with Gasteiger partial charge in [-0.25, -0.2) is 14.8 Å². The van der Waals surface area contributed by atoms with Crippen LogP contribution in [0.4, 0.5) is 5.82 Å². The number of rotatable bonds is 3. The maximum absolute atomic E-state index is 11.0. The molecule has 106 valence electrons. The molecule has 0 atom stereocenters. The molecule has 2 heterocycles. The number of nitrogens with one attached hydrogen (secondary N) is 1. The lowest BCUT2D eigenvalue weighted by atomic mass is 10.3. The van der Waals surface area contributed by atoms with E-state index in [4.69, 9.17) is 4.74 Å². The number of esters is 1. The number of hydrogen-bond acceptors (Lipinski definition) is 6. The zero-order valence-corrected chi connectivity index (χ0v) is 11.1. The van der Waals surface area contributed by atoms with Crippen LogP contribution in [0, 0.1) is 17.0 Å². The minimum atomic E-state index is -0.514. The fourth-order valence-electron chi connectivity index (χ4n) is 1.20. The van der Waals surface area contributed by atoms with Crippen LogP contribution in [0.15, 0.2) is 30.7 Å². The van der Waals surface area contributed by atoms with Gasteiger partial charge in [0.1, 0.15) is 6.20 Å². The number of pyridine rings is 1. The van der Waals surface area contributed by atoms with Crippen LogP contribution >= 0.6 is 0 Å². The minimum absolute atomic E-state index is 0.0625. The highest BCUT2D eigenvalue weighted by molar-refractivity contribution is 5.88. The van der Waals surface area contributed by atoms with Crippen LogP contribution < -0.4 is 0 Å². The van der Waals surface area contributed by atoms with E-state index >= 15 is 0 Å². The first-order valence-electron chi connectivity index (χ1n) is 5.77. The Hall–Kier alpha value is -2.77. The lowest BCUT2D eigenvalue weighted by Crippen LogP contribution is -2.04. The Labute approximate surface area is 115 Å². The third kappa shape index (κ3) is 4.84. The van der Waals surface area contributed by atoms with Gasteiger partial charge in [0.05, 0.1) is 12.2 Å². The van der Waals surface area contributed by atoms with Crippen molar-refractivity contribution < 1.29 is 14.5 Å². The van der Waals surface area contributed by atoms with Crippen LogP contribution in [-0.2, 0) is 4.74 Å². The first kappa shape index (κ1) is 15.3. The predicted molar refractivity (Wildman–Crippen MR) is 70.2 cm³/mol. The Bertz CT molecular complexity index is 568. The molecule has 0 fully saturated rings. The molecule has 0 amide bonds. The number of imidazole rings is 1. The van der Waals surface area contributed by atoms with E-state index in [1.165, 1.54) is 12.4 Å². The number of nitrogens with zero attached hydrogens (tertiary/aromatic N) is 3. The molecule has 0 saturated carbocycles. The largest absolute Gasteiger partial charge is 0.462 e. The zero-order chi connectivity index (χ0) is 15.0. The number of carbonyl (C=O) groups excluding carboxylic acids is 1. The van der Waals surface area contributed by atoms with Crippen molar-refractivity contribution in [3.63, 3.8) is 0 Å². The molecule has 0 spiro atoms. The van der Waals surface area contributed by atoms with Crippen LogP contribution in [0.5, 0.6) is 0 Å². The van der Waals surface area contributed by atoms with Gasteiger partial charge in [0, 0.05) is 19.3 Å². The van der Waals surface area contributed by atoms with Crippen molar-refractivity contribution in [2.75, 3.05) is 6.61 Å². The van der Waals surface area contributed by atoms with Gasteiger partial charge >= 0.3 is 11.8 Å². The van der Waals surface area contributed by atoms with Crippen molar-refractivity contribution in [1.29, 1.82) is 0 Å². The average Bonchev–Trinajstić information content (AvgIpc) is 2.88. The molecule has 0 radical (unpaired) electrons. The van der Waals surface area contributed by atoms with E-state index in [1.807, 2.05) is 0 Å². The second kappa shape index (κ2) is 7.62. The molecule has 0 unspecified atom stereocenters. The van der Waals surface area contributed by atoms with E-state index in [9.17, 15) is 14.9 Å². The molecule has 1 N–H and O–H groups in total. The summed E-state index contributed by atoms with van der Waals surface area (Å²) in [4.78, 5) is 30.3. The number of H-pyrrole nitrogens is 1. The fourth-order valence-corrected chi connectivity index (χ4v) is 1.20. The standard InChI is InChI=1S/C8H9NO2.C4H5N3O2/c1-2-11-8(10)7-4-3-5-9-6-7;1-3-5-2-4(6-3)7(8)9/h3-6H,2H2,1H3;2H,1H3,(H,5,6). The van der Waals surface area contributed by atoms with Gasteiger partial charge in [-0.1, -0.05) is 0 Å². The van der Waals surface area contributed by atoms with Crippen LogP contribution in [0.3, 0.4) is 0 Å². The van der Waals surface area contributed by atoms with E-state index in [2.05, 4.69) is 15.0 Å². The van der Waals surface area contributed by atoms with E-state index in [0.717, 1.165) is 0 Å². The molecule has 0 aliphatic heterocycles. The van der Waals surface area contributed by atoms with Crippen molar-refractivity contribution in [3.8, 4) is 0 Å². The van der Waals surface area contributed by atoms with Crippen molar-refractivity contribution in [2.24, 2.45) is 0 Å². The molecule has 20 heavy (non-hydrogen) atoms. The molecule has 8 heteroatoms. The van der Waals surface area contributed by atoms with E-state index in [-0.39, 0.29) is 11.8 Å². The highest BCUT2D eigenvalue weighted by Crippen LogP contribution is 2.03. The topological polar surface area (TPSA) is 111 Å². The molecule has 0 aromatic carbocycles. The monoisotopic (exact) mass is 278 g/mol. The van der Waals surface area contributed by atoms with Crippen molar-refractivity contribution in [2.45, 2.75) is 13.8 Å². The molecule has 2 aromatic heterocycles. The van der Waals surface area contributed by atoms with Crippen molar-refractivity contribution in [3.05, 3.63) is 52.2 Å². The highest BCUT2D eigenvalue weighted by atomic mass is 16.6. The van der Waals surface area contributed by atoms with Gasteiger partial charge in [-0.2, -0.15) is 0 Å². The summed E-state index contributed by atoms with van der Waals surface area (Å²) in [6.07, 6.45) is 4.29. The molecular formula is C12H14N4O4. The summed E-state index contributed by atoms with van der Waals surface area (Å²) in [5, 5.41) is 9.95. The Morgan fingerprint density at radius 2 is 2.25 bits per heavy atom. The SMILES string of the molecule is CCOC(=O)c1cccnc1.Cc1ncc([N+](=O)[O-])[nH]1. The smallest absolute Gasteiger partial charge is 0.340 e. The van der Waals surface area contributed by atoms with Crippen LogP contribution in [0.25, 0.3) is 0 Å². The zero-order valence-electron chi connectivity index (χ0n) is 11.1. The maximum atomic E-state index is 11.0. The summed E-state index contributed by atoms with van der Waals surface area (Å²) < 4.78 is 4.75. The van der Waals surface area contributed by atoms with Crippen molar-refractivity contribution in [1.82, 2.24) is 15.0 Å². The molecular weight excluding hydrogens is 264 g/mol. The number of aromatic nitrogens is 3. The lowest BCUT2D eigenvalue weighted by molar-refractivity contribution is -0.389. The van der Waals surface area contributed by atoms with E-state index in [1.54, 1.807) is 32.2 Å². The summed E-state index contributed by atoms with van der Waals surface area (Å²) in [6, 6.07) is 3.37. The Kier molecular flexibility index (Phi) is 5.82. The molecule has 0 saturated heterocycles. The van der Waals surface area contributed by atoms with Gasteiger partial charge in [-0.05, 0) is 24.0 Å². The average molecular weight is 278 g/mol. The van der Waals surface area contributed by atoms with Gasteiger partial charge < -0.3 is 14.9 Å². The normalized spacial score (nSPS) is 9.30. The summed E-state index contributed by atoms with van der Waals surface area (Å²) in [5.74, 6) is 0.176. The second-order valence-corrected chi connectivity index (χ2v) is 3.57. The van der Waals surface area contributed by atoms with Gasteiger partial charge in [0.2, 0.25) is 0 Å². The number of hydrogen-bond donors (Lipinski definition) is 1. The number of carbonyl (C=O) groups is 1. The number of aromatic amines is 1.